The Balaban J connectivity index is 3.07. The fourth-order valence-corrected chi connectivity index (χ4v) is 1.96. The van der Waals surface area contributed by atoms with Gasteiger partial charge in [0, 0.05) is 10.7 Å². The Morgan fingerprint density at radius 3 is 2.25 bits per heavy atom. The number of nitrogen functional groups attached to an aromatic ring is 1. The van der Waals surface area contributed by atoms with Gasteiger partial charge in [0.05, 0.1) is 10.4 Å². The first-order chi connectivity index (χ1) is 7.12. The molecule has 0 atom stereocenters. The van der Waals surface area contributed by atoms with E-state index in [0.717, 1.165) is 0 Å². The van der Waals surface area contributed by atoms with Crippen LogP contribution in [0.15, 0.2) is 18.2 Å². The monoisotopic (exact) mass is 262 g/mol. The molecule has 1 aromatic rings. The Morgan fingerprint density at radius 2 is 1.81 bits per heavy atom. The number of rotatable bonds is 2. The second-order valence-corrected chi connectivity index (χ2v) is 7.36. The number of benzene rings is 1. The van der Waals surface area contributed by atoms with Gasteiger partial charge in [-0.25, -0.2) is 8.42 Å². The van der Waals surface area contributed by atoms with Crippen molar-refractivity contribution in [2.45, 2.75) is 25.5 Å². The molecule has 0 aliphatic carbocycles. The summed E-state index contributed by atoms with van der Waals surface area (Å²) in [5, 5.41) is 0.395. The maximum Gasteiger partial charge on any atom is 0.237 e. The quantitative estimate of drug-likeness (QED) is 0.804. The summed E-state index contributed by atoms with van der Waals surface area (Å²) in [6.07, 6.45) is 0. The zero-order valence-corrected chi connectivity index (χ0v) is 11.0. The normalized spacial score (nSPS) is 12.5. The molecule has 4 nitrogen and oxygen atoms in total. The minimum atomic E-state index is -3.45. The van der Waals surface area contributed by atoms with Crippen LogP contribution >= 0.6 is 11.6 Å². The zero-order chi connectivity index (χ0) is 12.6. The average molecular weight is 263 g/mol. The summed E-state index contributed by atoms with van der Waals surface area (Å²) < 4.78 is 25.3. The molecule has 0 amide bonds. The fourth-order valence-electron chi connectivity index (χ4n) is 0.980. The number of sulfonamides is 1. The van der Waals surface area contributed by atoms with E-state index in [-0.39, 0.29) is 0 Å². The Morgan fingerprint density at radius 1 is 1.25 bits per heavy atom. The van der Waals surface area contributed by atoms with Gasteiger partial charge in [0.2, 0.25) is 10.0 Å². The molecule has 1 aromatic carbocycles. The zero-order valence-electron chi connectivity index (χ0n) is 9.41. The molecule has 0 aliphatic heterocycles. The predicted molar refractivity (Wildman–Crippen MR) is 68.2 cm³/mol. The van der Waals surface area contributed by atoms with E-state index < -0.39 is 14.8 Å². The molecule has 0 bridgehead atoms. The van der Waals surface area contributed by atoms with Crippen LogP contribution in [0.2, 0.25) is 5.02 Å². The molecule has 0 radical (unpaired) electrons. The van der Waals surface area contributed by atoms with Crippen LogP contribution in [-0.2, 0) is 10.0 Å². The number of nitrogens with two attached hydrogens (primary N) is 1. The van der Waals surface area contributed by atoms with E-state index >= 15 is 0 Å². The van der Waals surface area contributed by atoms with E-state index in [1.165, 1.54) is 12.1 Å². The number of hydrogen-bond acceptors (Lipinski definition) is 3. The standard InChI is InChI=1S/C10H15ClN2O2S/c1-10(2,3)16(14,15)13-9-5-7(11)4-8(12)6-9/h4-6,13H,12H2,1-3H3. The van der Waals surface area contributed by atoms with Crippen molar-refractivity contribution in [1.29, 1.82) is 0 Å². The van der Waals surface area contributed by atoms with Crippen molar-refractivity contribution < 1.29 is 8.42 Å². The average Bonchev–Trinajstić information content (AvgIpc) is 1.97. The highest BCUT2D eigenvalue weighted by atomic mass is 35.5. The van der Waals surface area contributed by atoms with Crippen molar-refractivity contribution in [2.75, 3.05) is 10.5 Å². The number of hydrogen-bond donors (Lipinski definition) is 2. The number of anilines is 2. The summed E-state index contributed by atoms with van der Waals surface area (Å²) in [6, 6.07) is 4.59. The maximum atomic E-state index is 11.8. The second-order valence-electron chi connectivity index (χ2n) is 4.49. The predicted octanol–water partition coefficient (Wildman–Crippen LogP) is 2.46. The molecule has 0 unspecified atom stereocenters. The van der Waals surface area contributed by atoms with Crippen molar-refractivity contribution in [1.82, 2.24) is 0 Å². The molecule has 0 spiro atoms. The van der Waals surface area contributed by atoms with E-state index in [1.807, 2.05) is 0 Å². The van der Waals surface area contributed by atoms with Crippen LogP contribution in [-0.4, -0.2) is 13.2 Å². The van der Waals surface area contributed by atoms with E-state index in [9.17, 15) is 8.42 Å². The molecule has 0 saturated carbocycles. The first-order valence-corrected chi connectivity index (χ1v) is 6.56. The van der Waals surface area contributed by atoms with Crippen LogP contribution in [0.5, 0.6) is 0 Å². The van der Waals surface area contributed by atoms with E-state index in [2.05, 4.69) is 4.72 Å². The third-order valence-corrected chi connectivity index (χ3v) is 4.31. The minimum absolute atomic E-state index is 0.375. The third kappa shape index (κ3) is 3.02. The summed E-state index contributed by atoms with van der Waals surface area (Å²) in [5.74, 6) is 0. The Kier molecular flexibility index (Phi) is 3.40. The summed E-state index contributed by atoms with van der Waals surface area (Å²) in [4.78, 5) is 0. The van der Waals surface area contributed by atoms with Crippen LogP contribution in [0.25, 0.3) is 0 Å². The van der Waals surface area contributed by atoms with Gasteiger partial charge >= 0.3 is 0 Å². The SMILES string of the molecule is CC(C)(C)S(=O)(=O)Nc1cc(N)cc(Cl)c1. The van der Waals surface area contributed by atoms with E-state index in [0.29, 0.717) is 16.4 Å². The summed E-state index contributed by atoms with van der Waals surface area (Å²) in [7, 11) is -3.45. The largest absolute Gasteiger partial charge is 0.399 e. The lowest BCUT2D eigenvalue weighted by Crippen LogP contribution is -2.33. The lowest BCUT2D eigenvalue weighted by Gasteiger charge is -2.20. The van der Waals surface area contributed by atoms with E-state index in [4.69, 9.17) is 17.3 Å². The van der Waals surface area contributed by atoms with Crippen LogP contribution < -0.4 is 10.5 Å². The molecular formula is C10H15ClN2O2S. The smallest absolute Gasteiger partial charge is 0.237 e. The van der Waals surface area contributed by atoms with Gasteiger partial charge in [0.15, 0.2) is 0 Å². The maximum absolute atomic E-state index is 11.8. The number of halogens is 1. The van der Waals surface area contributed by atoms with Gasteiger partial charge in [0.1, 0.15) is 0 Å². The minimum Gasteiger partial charge on any atom is -0.399 e. The Labute approximate surface area is 101 Å². The number of nitrogens with one attached hydrogen (secondary N) is 1. The molecule has 3 N–H and O–H groups in total. The summed E-state index contributed by atoms with van der Waals surface area (Å²) >= 11 is 5.78. The molecule has 6 heteroatoms. The molecule has 90 valence electrons. The molecule has 0 fully saturated rings. The lowest BCUT2D eigenvalue weighted by molar-refractivity contribution is 0.566. The lowest BCUT2D eigenvalue weighted by atomic mass is 10.3. The van der Waals surface area contributed by atoms with Crippen LogP contribution in [0.4, 0.5) is 11.4 Å². The highest BCUT2D eigenvalue weighted by Gasteiger charge is 2.28. The third-order valence-electron chi connectivity index (χ3n) is 1.98. The highest BCUT2D eigenvalue weighted by molar-refractivity contribution is 7.94. The van der Waals surface area contributed by atoms with Gasteiger partial charge in [-0.1, -0.05) is 11.6 Å². The molecule has 16 heavy (non-hydrogen) atoms. The molecule has 0 aromatic heterocycles. The molecular weight excluding hydrogens is 248 g/mol. The van der Waals surface area contributed by atoms with Crippen LogP contribution in [0, 0.1) is 0 Å². The van der Waals surface area contributed by atoms with Crippen molar-refractivity contribution in [3.63, 3.8) is 0 Å². The highest BCUT2D eigenvalue weighted by Crippen LogP contribution is 2.24. The topological polar surface area (TPSA) is 72.2 Å². The fraction of sp³-hybridized carbons (Fsp3) is 0.400. The van der Waals surface area contributed by atoms with Gasteiger partial charge in [-0.3, -0.25) is 4.72 Å². The molecule has 0 saturated heterocycles. The van der Waals surface area contributed by atoms with Gasteiger partial charge in [0.25, 0.3) is 0 Å². The molecule has 0 heterocycles. The first kappa shape index (κ1) is 13.1. The Hall–Kier alpha value is -0.940. The second kappa shape index (κ2) is 4.14. The molecule has 1 rings (SSSR count). The van der Waals surface area contributed by atoms with Crippen molar-refractivity contribution in [3.05, 3.63) is 23.2 Å². The van der Waals surface area contributed by atoms with Gasteiger partial charge in [-0.05, 0) is 39.0 Å². The summed E-state index contributed by atoms with van der Waals surface area (Å²) in [5.41, 5.74) is 6.36. The van der Waals surface area contributed by atoms with Crippen molar-refractivity contribution >= 4 is 33.0 Å². The van der Waals surface area contributed by atoms with Gasteiger partial charge in [-0.2, -0.15) is 0 Å². The van der Waals surface area contributed by atoms with Gasteiger partial charge < -0.3 is 5.73 Å². The van der Waals surface area contributed by atoms with Crippen LogP contribution in [0.1, 0.15) is 20.8 Å². The van der Waals surface area contributed by atoms with Crippen molar-refractivity contribution in [2.24, 2.45) is 0 Å². The first-order valence-electron chi connectivity index (χ1n) is 4.70. The van der Waals surface area contributed by atoms with E-state index in [1.54, 1.807) is 26.8 Å². The van der Waals surface area contributed by atoms with Crippen molar-refractivity contribution in [3.8, 4) is 0 Å². The summed E-state index contributed by atoms with van der Waals surface area (Å²) in [6.45, 7) is 4.84. The Bertz CT molecular complexity index is 472. The van der Waals surface area contributed by atoms with Crippen LogP contribution in [0.3, 0.4) is 0 Å². The van der Waals surface area contributed by atoms with Gasteiger partial charge in [-0.15, -0.1) is 0 Å². The molecule has 0 aliphatic rings.